The van der Waals surface area contributed by atoms with Crippen LogP contribution in [0, 0.1) is 0 Å². The molecule has 1 rings (SSSR count). The molecule has 9 heavy (non-hydrogen) atoms. The van der Waals surface area contributed by atoms with Gasteiger partial charge in [0, 0.05) is 5.70 Å². The lowest BCUT2D eigenvalue weighted by atomic mass is 10.5. The fourth-order valence-corrected chi connectivity index (χ4v) is 0.523. The lowest BCUT2D eigenvalue weighted by Gasteiger charge is -1.94. The predicted molar refractivity (Wildman–Crippen MR) is 35.6 cm³/mol. The number of rotatable bonds is 1. The average Bonchev–Trinajstić information content (AvgIpc) is 2.37. The maximum absolute atomic E-state index is 3.92. The summed E-state index contributed by atoms with van der Waals surface area (Å²) in [7, 11) is 0. The van der Waals surface area contributed by atoms with E-state index in [-0.39, 0.29) is 0 Å². The van der Waals surface area contributed by atoms with E-state index in [1.807, 2.05) is 19.9 Å². The van der Waals surface area contributed by atoms with Crippen molar-refractivity contribution in [3.63, 3.8) is 0 Å². The smallest absolute Gasteiger partial charge is 0.138 e. The summed E-state index contributed by atoms with van der Waals surface area (Å²) in [4.78, 5) is 3.80. The second-order valence-electron chi connectivity index (χ2n) is 1.77. The van der Waals surface area contributed by atoms with Crippen LogP contribution in [0.5, 0.6) is 0 Å². The molecule has 0 aliphatic heterocycles. The van der Waals surface area contributed by atoms with Crippen LogP contribution in [-0.2, 0) is 0 Å². The monoisotopic (exact) mass is 123 g/mol. The third-order valence-corrected chi connectivity index (χ3v) is 1.20. The number of aromatic nitrogens is 3. The standard InChI is InChI=1S/C6H9N3/c1-3-6(2)9-5-7-4-8-9/h3-5H,1-2H3/b6-3+. The summed E-state index contributed by atoms with van der Waals surface area (Å²) < 4.78 is 1.72. The normalized spacial score (nSPS) is 12.0. The second-order valence-corrected chi connectivity index (χ2v) is 1.77. The molecule has 0 radical (unpaired) electrons. The maximum atomic E-state index is 3.92. The van der Waals surface area contributed by atoms with Crippen molar-refractivity contribution in [2.24, 2.45) is 0 Å². The van der Waals surface area contributed by atoms with Crippen LogP contribution in [0.15, 0.2) is 18.7 Å². The Bertz CT molecular complexity index is 198. The molecule has 0 amide bonds. The summed E-state index contributed by atoms with van der Waals surface area (Å²) in [6.45, 7) is 3.95. The number of nitrogens with zero attached hydrogens (tertiary/aromatic N) is 3. The molecular formula is C6H9N3. The van der Waals surface area contributed by atoms with Crippen molar-refractivity contribution >= 4 is 5.70 Å². The first-order valence-corrected chi connectivity index (χ1v) is 2.82. The van der Waals surface area contributed by atoms with E-state index in [9.17, 15) is 0 Å². The van der Waals surface area contributed by atoms with E-state index < -0.39 is 0 Å². The minimum atomic E-state index is 1.09. The molecule has 0 spiro atoms. The Labute approximate surface area is 54.0 Å². The highest BCUT2D eigenvalue weighted by Gasteiger charge is 1.88. The molecule has 1 aromatic heterocycles. The summed E-state index contributed by atoms with van der Waals surface area (Å²) in [6, 6.07) is 0. The molecule has 0 unspecified atom stereocenters. The van der Waals surface area contributed by atoms with Crippen LogP contribution in [0.25, 0.3) is 5.70 Å². The summed E-state index contributed by atoms with van der Waals surface area (Å²) in [5.41, 5.74) is 1.09. The van der Waals surface area contributed by atoms with Crippen LogP contribution < -0.4 is 0 Å². The number of hydrogen-bond acceptors (Lipinski definition) is 2. The summed E-state index contributed by atoms with van der Waals surface area (Å²) >= 11 is 0. The lowest BCUT2D eigenvalue weighted by molar-refractivity contribution is 0.892. The molecule has 0 atom stereocenters. The van der Waals surface area contributed by atoms with Gasteiger partial charge in [0.05, 0.1) is 0 Å². The van der Waals surface area contributed by atoms with Crippen molar-refractivity contribution in [1.29, 1.82) is 0 Å². The fourth-order valence-electron chi connectivity index (χ4n) is 0.523. The van der Waals surface area contributed by atoms with Gasteiger partial charge in [-0.25, -0.2) is 9.67 Å². The van der Waals surface area contributed by atoms with Gasteiger partial charge in [-0.15, -0.1) is 0 Å². The summed E-state index contributed by atoms with van der Waals surface area (Å²) in [6.07, 6.45) is 5.18. The van der Waals surface area contributed by atoms with Crippen LogP contribution in [0.4, 0.5) is 0 Å². The Morgan fingerprint density at radius 3 is 2.89 bits per heavy atom. The van der Waals surface area contributed by atoms with Crippen molar-refractivity contribution in [2.45, 2.75) is 13.8 Å². The van der Waals surface area contributed by atoms with E-state index >= 15 is 0 Å². The van der Waals surface area contributed by atoms with Crippen molar-refractivity contribution in [1.82, 2.24) is 14.8 Å². The van der Waals surface area contributed by atoms with Gasteiger partial charge in [-0.05, 0) is 13.8 Å². The second kappa shape index (κ2) is 2.44. The fraction of sp³-hybridized carbons (Fsp3) is 0.333. The molecule has 0 aliphatic rings. The van der Waals surface area contributed by atoms with Gasteiger partial charge < -0.3 is 0 Å². The van der Waals surface area contributed by atoms with Crippen molar-refractivity contribution in [3.8, 4) is 0 Å². The van der Waals surface area contributed by atoms with E-state index in [2.05, 4.69) is 10.1 Å². The molecular weight excluding hydrogens is 114 g/mol. The average molecular weight is 123 g/mol. The quantitative estimate of drug-likeness (QED) is 0.561. The molecule has 0 saturated heterocycles. The highest BCUT2D eigenvalue weighted by Crippen LogP contribution is 1.96. The first-order valence-electron chi connectivity index (χ1n) is 2.82. The van der Waals surface area contributed by atoms with E-state index in [1.165, 1.54) is 6.33 Å². The van der Waals surface area contributed by atoms with Crippen LogP contribution in [-0.4, -0.2) is 14.8 Å². The maximum Gasteiger partial charge on any atom is 0.138 e. The summed E-state index contributed by atoms with van der Waals surface area (Å²) in [5, 5.41) is 3.92. The van der Waals surface area contributed by atoms with E-state index in [0.29, 0.717) is 0 Å². The molecule has 0 bridgehead atoms. The van der Waals surface area contributed by atoms with Gasteiger partial charge in [0.2, 0.25) is 0 Å². The van der Waals surface area contributed by atoms with E-state index in [1.54, 1.807) is 11.0 Å². The zero-order valence-electron chi connectivity index (χ0n) is 5.57. The van der Waals surface area contributed by atoms with Crippen molar-refractivity contribution in [2.75, 3.05) is 0 Å². The molecule has 3 nitrogen and oxygen atoms in total. The topological polar surface area (TPSA) is 30.7 Å². The molecule has 0 aliphatic carbocycles. The Kier molecular flexibility index (Phi) is 1.63. The highest BCUT2D eigenvalue weighted by atomic mass is 15.3. The molecule has 0 aromatic carbocycles. The molecule has 1 aromatic rings. The van der Waals surface area contributed by atoms with Gasteiger partial charge in [-0.3, -0.25) is 0 Å². The van der Waals surface area contributed by atoms with Gasteiger partial charge in [0.1, 0.15) is 12.7 Å². The Morgan fingerprint density at radius 2 is 2.44 bits per heavy atom. The minimum Gasteiger partial charge on any atom is -0.226 e. The van der Waals surface area contributed by atoms with Crippen LogP contribution in [0.1, 0.15) is 13.8 Å². The van der Waals surface area contributed by atoms with Crippen LogP contribution in [0.2, 0.25) is 0 Å². The number of hydrogen-bond donors (Lipinski definition) is 0. The Hall–Kier alpha value is -1.12. The molecule has 1 heterocycles. The zero-order valence-corrected chi connectivity index (χ0v) is 5.57. The molecule has 48 valence electrons. The third-order valence-electron chi connectivity index (χ3n) is 1.20. The van der Waals surface area contributed by atoms with Crippen molar-refractivity contribution < 1.29 is 0 Å². The first-order chi connectivity index (χ1) is 4.34. The SMILES string of the molecule is C/C=C(\C)n1cncn1. The Morgan fingerprint density at radius 1 is 1.67 bits per heavy atom. The molecule has 0 saturated carbocycles. The van der Waals surface area contributed by atoms with Gasteiger partial charge in [-0.2, -0.15) is 5.10 Å². The predicted octanol–water partition coefficient (Wildman–Crippen LogP) is 1.16. The highest BCUT2D eigenvalue weighted by molar-refractivity contribution is 5.38. The minimum absolute atomic E-state index is 1.09. The molecule has 0 N–H and O–H groups in total. The van der Waals surface area contributed by atoms with Crippen LogP contribution in [0.3, 0.4) is 0 Å². The van der Waals surface area contributed by atoms with Crippen molar-refractivity contribution in [3.05, 3.63) is 18.7 Å². The van der Waals surface area contributed by atoms with E-state index in [0.717, 1.165) is 5.70 Å². The number of allylic oxidation sites excluding steroid dienone is 2. The molecule has 0 fully saturated rings. The third kappa shape index (κ3) is 1.16. The largest absolute Gasteiger partial charge is 0.226 e. The van der Waals surface area contributed by atoms with E-state index in [4.69, 9.17) is 0 Å². The lowest BCUT2D eigenvalue weighted by Crippen LogP contribution is -1.91. The molecule has 3 heteroatoms. The van der Waals surface area contributed by atoms with Gasteiger partial charge in [-0.1, -0.05) is 6.08 Å². The van der Waals surface area contributed by atoms with Crippen LogP contribution >= 0.6 is 0 Å². The first kappa shape index (κ1) is 6.01. The zero-order chi connectivity index (χ0) is 6.69. The van der Waals surface area contributed by atoms with Gasteiger partial charge >= 0.3 is 0 Å². The summed E-state index contributed by atoms with van der Waals surface area (Å²) in [5.74, 6) is 0. The van der Waals surface area contributed by atoms with Gasteiger partial charge in [0.15, 0.2) is 0 Å². The van der Waals surface area contributed by atoms with Gasteiger partial charge in [0.25, 0.3) is 0 Å². The Balaban J connectivity index is 2.90.